The van der Waals surface area contributed by atoms with E-state index in [4.69, 9.17) is 14.5 Å². The van der Waals surface area contributed by atoms with Crippen LogP contribution < -0.4 is 21.1 Å². The Morgan fingerprint density at radius 1 is 0.843 bits per heavy atom. The Labute approximate surface area is 405 Å². The lowest BCUT2D eigenvalue weighted by atomic mass is 9.88. The number of rotatable bonds is 11. The second-order valence-electron chi connectivity index (χ2n) is 20.1. The first kappa shape index (κ1) is 44.5. The number of benzene rings is 2. The molecular weight excluding hydrogens is 885 g/mol. The summed E-state index contributed by atoms with van der Waals surface area (Å²) in [4.78, 5) is 60.4. The van der Waals surface area contributed by atoms with Crippen LogP contribution in [0.25, 0.3) is 38.7 Å². The lowest BCUT2D eigenvalue weighted by Crippen LogP contribution is -2.54. The molecule has 3 N–H and O–H groups in total. The van der Waals surface area contributed by atoms with Crippen LogP contribution in [0.3, 0.4) is 0 Å². The van der Waals surface area contributed by atoms with E-state index in [1.54, 1.807) is 21.6 Å². The molecule has 2 aromatic carbocycles. The largest absolute Gasteiger partial charge is 0.384 e. The fourth-order valence-corrected chi connectivity index (χ4v) is 12.4. The van der Waals surface area contributed by atoms with E-state index in [9.17, 15) is 19.5 Å². The summed E-state index contributed by atoms with van der Waals surface area (Å²) < 4.78 is 11.4. The third kappa shape index (κ3) is 7.78. The minimum absolute atomic E-state index is 0.232. The predicted molar refractivity (Wildman–Crippen MR) is 268 cm³/mol. The molecule has 3 aliphatic heterocycles. The van der Waals surface area contributed by atoms with Gasteiger partial charge in [0.15, 0.2) is 17.0 Å². The smallest absolute Gasteiger partial charge is 0.278 e. The summed E-state index contributed by atoms with van der Waals surface area (Å²) in [5, 5.41) is 23.8. The standard InChI is InChI=1S/C53H60N12O5/c1-3-24-64-51(68)41-32-54-52(58-49(41)65(64)44-17-5-33-19-23-53(69,4-2)48(33)56-44)55-34-6-8-35(9-7-34)61-28-30-62(31-29-61)37-20-25-60(26-21-37)36-10-12-38(13-11-36)63-27-22-39-42(63)15-16-43-46(39)47(59-70-43)40-14-18-45(66)57-50(40)67/h3,5-9,15-17,22,27,32,36-38,40,69H,1,4,10-14,18-21,23-26,28-31H2,2H3,(H,54,55,58)(H,57,66,67)/t36-,38+,40?,53-/m1/s1. The summed E-state index contributed by atoms with van der Waals surface area (Å²) in [5.74, 6) is -0.132. The molecule has 2 amide bonds. The molecule has 2 aliphatic carbocycles. The van der Waals surface area contributed by atoms with Gasteiger partial charge in [-0.2, -0.15) is 4.98 Å². The van der Waals surface area contributed by atoms with Gasteiger partial charge in [0.05, 0.1) is 23.5 Å². The number of imide groups is 1. The summed E-state index contributed by atoms with van der Waals surface area (Å²) in [6.45, 7) is 12.5. The van der Waals surface area contributed by atoms with E-state index in [1.165, 1.54) is 31.4 Å². The molecule has 8 heterocycles. The highest BCUT2D eigenvalue weighted by atomic mass is 16.5. The van der Waals surface area contributed by atoms with Gasteiger partial charge in [-0.25, -0.2) is 19.3 Å². The lowest BCUT2D eigenvalue weighted by Gasteiger charge is -2.46. The van der Waals surface area contributed by atoms with Crippen molar-refractivity contribution < 1.29 is 19.2 Å². The predicted octanol–water partition coefficient (Wildman–Crippen LogP) is 6.84. The molecule has 0 bridgehead atoms. The molecule has 1 unspecified atom stereocenters. The number of hydrogen-bond donors (Lipinski definition) is 3. The van der Waals surface area contributed by atoms with E-state index >= 15 is 0 Å². The highest BCUT2D eigenvalue weighted by Gasteiger charge is 2.38. The highest BCUT2D eigenvalue weighted by Crippen LogP contribution is 2.41. The molecular formula is C53H60N12O5. The number of aryl methyl sites for hydroxylation is 1. The Balaban J connectivity index is 0.639. The number of piperidine rings is 2. The van der Waals surface area contributed by atoms with Crippen molar-refractivity contribution in [3.63, 3.8) is 0 Å². The summed E-state index contributed by atoms with van der Waals surface area (Å²) >= 11 is 0. The second-order valence-corrected chi connectivity index (χ2v) is 20.1. The van der Waals surface area contributed by atoms with Gasteiger partial charge in [0.25, 0.3) is 5.56 Å². The van der Waals surface area contributed by atoms with E-state index in [2.05, 4.69) is 89.2 Å². The van der Waals surface area contributed by atoms with E-state index in [1.807, 2.05) is 25.1 Å². The normalized spacial score (nSPS) is 23.9. The Hall–Kier alpha value is -6.69. The molecule has 5 aromatic heterocycles. The number of carbonyl (C=O) groups excluding carboxylic acids is 2. The summed E-state index contributed by atoms with van der Waals surface area (Å²) in [6.07, 6.45) is 15.2. The van der Waals surface area contributed by atoms with Crippen molar-refractivity contribution in [3.05, 3.63) is 107 Å². The summed E-state index contributed by atoms with van der Waals surface area (Å²) in [5.41, 5.74) is 5.38. The van der Waals surface area contributed by atoms with Crippen LogP contribution in [0.4, 0.5) is 17.3 Å². The third-order valence-corrected chi connectivity index (χ3v) is 16.3. The first-order valence-corrected chi connectivity index (χ1v) is 25.3. The lowest BCUT2D eigenvalue weighted by molar-refractivity contribution is -0.134. The Morgan fingerprint density at radius 2 is 1.60 bits per heavy atom. The number of aromatic nitrogens is 7. The molecule has 70 heavy (non-hydrogen) atoms. The van der Waals surface area contributed by atoms with Gasteiger partial charge in [0, 0.05) is 85.4 Å². The number of likely N-dealkylation sites (tertiary alicyclic amines) is 1. The topological polar surface area (TPSA) is 185 Å². The molecule has 7 aromatic rings. The number of allylic oxidation sites excluding steroid dienone is 1. The van der Waals surface area contributed by atoms with Crippen LogP contribution >= 0.6 is 0 Å². The molecule has 17 heteroatoms. The van der Waals surface area contributed by atoms with Crippen molar-refractivity contribution in [1.29, 1.82) is 0 Å². The van der Waals surface area contributed by atoms with Crippen LogP contribution in [-0.4, -0.2) is 112 Å². The van der Waals surface area contributed by atoms with Crippen molar-refractivity contribution in [3.8, 4) is 5.82 Å². The minimum atomic E-state index is -0.991. The maximum Gasteiger partial charge on any atom is 0.278 e. The van der Waals surface area contributed by atoms with Gasteiger partial charge in [-0.1, -0.05) is 24.2 Å². The molecule has 4 fully saturated rings. The van der Waals surface area contributed by atoms with E-state index < -0.39 is 11.5 Å². The summed E-state index contributed by atoms with van der Waals surface area (Å²) in [6, 6.07) is 20.2. The fourth-order valence-electron chi connectivity index (χ4n) is 12.4. The molecule has 2 atom stereocenters. The second kappa shape index (κ2) is 17.9. The fraction of sp³-hybridized carbons (Fsp3) is 0.453. The van der Waals surface area contributed by atoms with Crippen molar-refractivity contribution >= 4 is 62.0 Å². The molecule has 12 rings (SSSR count). The van der Waals surface area contributed by atoms with Gasteiger partial charge < -0.3 is 29.3 Å². The van der Waals surface area contributed by atoms with Gasteiger partial charge >= 0.3 is 0 Å². The number of carbonyl (C=O) groups is 2. The molecule has 17 nitrogen and oxygen atoms in total. The number of anilines is 3. The van der Waals surface area contributed by atoms with Crippen LogP contribution in [-0.2, 0) is 28.2 Å². The number of nitrogens with one attached hydrogen (secondary N) is 2. The van der Waals surface area contributed by atoms with Gasteiger partial charge in [-0.05, 0) is 131 Å². The molecule has 362 valence electrons. The average molecular weight is 945 g/mol. The van der Waals surface area contributed by atoms with Crippen molar-refractivity contribution in [1.82, 2.24) is 49.2 Å². The first-order chi connectivity index (χ1) is 34.2. The average Bonchev–Trinajstić information content (AvgIpc) is 4.17. The van der Waals surface area contributed by atoms with E-state index in [0.29, 0.717) is 83.6 Å². The Kier molecular flexibility index (Phi) is 11.4. The van der Waals surface area contributed by atoms with Crippen molar-refractivity contribution in [2.75, 3.05) is 49.5 Å². The molecule has 0 spiro atoms. The van der Waals surface area contributed by atoms with Crippen LogP contribution in [0.5, 0.6) is 0 Å². The van der Waals surface area contributed by atoms with Crippen molar-refractivity contribution in [2.45, 2.75) is 114 Å². The molecule has 1 saturated carbocycles. The maximum absolute atomic E-state index is 13.6. The minimum Gasteiger partial charge on any atom is -0.384 e. The maximum atomic E-state index is 13.6. The van der Waals surface area contributed by atoms with Crippen LogP contribution in [0.15, 0.2) is 89.0 Å². The number of hydrogen-bond acceptors (Lipinski definition) is 13. The van der Waals surface area contributed by atoms with Gasteiger partial charge in [-0.3, -0.25) is 24.6 Å². The Morgan fingerprint density at radius 3 is 2.36 bits per heavy atom. The zero-order valence-corrected chi connectivity index (χ0v) is 39.7. The number of nitrogens with zero attached hydrogens (tertiary/aromatic N) is 10. The summed E-state index contributed by atoms with van der Waals surface area (Å²) in [7, 11) is 0. The molecule has 0 radical (unpaired) electrons. The van der Waals surface area contributed by atoms with Crippen LogP contribution in [0.1, 0.15) is 100 Å². The number of pyridine rings is 1. The van der Waals surface area contributed by atoms with Crippen LogP contribution in [0, 0.1) is 0 Å². The SMILES string of the molecule is C=CCn1c(=O)c2cnc(Nc3ccc(N4CCN(C5CCN([C@H]6CC[C@@H](n7ccc8c9c(C%10CCC(=O)NC%10=O)noc9ccc87)CC6)CC5)CC4)cc3)nc2n1-c1ccc2c(n1)[C@@](O)(CC)CC2. The van der Waals surface area contributed by atoms with E-state index in [-0.39, 0.29) is 23.9 Å². The number of aliphatic hydroxyl groups is 1. The molecule has 3 saturated heterocycles. The Bertz CT molecular complexity index is 3200. The van der Waals surface area contributed by atoms with E-state index in [0.717, 1.165) is 86.1 Å². The quantitative estimate of drug-likeness (QED) is 0.0906. The van der Waals surface area contributed by atoms with Crippen molar-refractivity contribution in [2.24, 2.45) is 0 Å². The third-order valence-electron chi connectivity index (χ3n) is 16.3. The molecule has 5 aliphatic rings. The number of amides is 2. The monoisotopic (exact) mass is 944 g/mol. The van der Waals surface area contributed by atoms with Gasteiger partial charge in [0.1, 0.15) is 16.7 Å². The van der Waals surface area contributed by atoms with Gasteiger partial charge in [-0.15, -0.1) is 6.58 Å². The van der Waals surface area contributed by atoms with Gasteiger partial charge in [0.2, 0.25) is 17.8 Å². The highest BCUT2D eigenvalue weighted by molar-refractivity contribution is 6.09. The number of fused-ring (bicyclic) bond motifs is 5. The zero-order chi connectivity index (χ0) is 47.7. The van der Waals surface area contributed by atoms with Crippen LogP contribution in [0.2, 0.25) is 0 Å². The first-order valence-electron chi connectivity index (χ1n) is 25.3. The zero-order valence-electron chi connectivity index (χ0n) is 39.7. The number of piperazine rings is 1.